The number of aromatic nitrogens is 2. The summed E-state index contributed by atoms with van der Waals surface area (Å²) in [5.41, 5.74) is 3.14. The number of sulfonamides is 1. The van der Waals surface area contributed by atoms with Gasteiger partial charge in [0.15, 0.2) is 0 Å². The van der Waals surface area contributed by atoms with Gasteiger partial charge < -0.3 is 9.88 Å². The van der Waals surface area contributed by atoms with E-state index in [1.54, 1.807) is 10.4 Å². The van der Waals surface area contributed by atoms with Crippen molar-refractivity contribution in [1.29, 1.82) is 0 Å². The summed E-state index contributed by atoms with van der Waals surface area (Å²) in [6, 6.07) is 9.77. The molecule has 4 rings (SSSR count). The number of thiophene rings is 1. The molecule has 3 aromatic rings. The molecule has 1 aliphatic heterocycles. The Hall–Kier alpha value is -1.90. The number of nitrogens with zero attached hydrogens (tertiary/aromatic N) is 3. The van der Waals surface area contributed by atoms with E-state index < -0.39 is 10.0 Å². The number of imidazole rings is 1. The minimum Gasteiger partial charge on any atom is -0.340 e. The van der Waals surface area contributed by atoms with Crippen LogP contribution in [-0.4, -0.2) is 48.9 Å². The molecule has 1 saturated heterocycles. The Morgan fingerprint density at radius 3 is 2.62 bits per heavy atom. The van der Waals surface area contributed by atoms with Gasteiger partial charge in [0.05, 0.1) is 11.0 Å². The minimum absolute atomic E-state index is 0.446. The first kappa shape index (κ1) is 17.5. The monoisotopic (exact) mass is 390 g/mol. The first-order valence-corrected chi connectivity index (χ1v) is 11.0. The van der Waals surface area contributed by atoms with Crippen LogP contribution in [0, 0.1) is 6.92 Å². The summed E-state index contributed by atoms with van der Waals surface area (Å²) >= 11 is 1.37. The van der Waals surface area contributed by atoms with Crippen LogP contribution in [0.15, 0.2) is 34.5 Å². The second-order valence-corrected chi connectivity index (χ2v) is 9.88. The van der Waals surface area contributed by atoms with Gasteiger partial charge in [-0.25, -0.2) is 13.4 Å². The van der Waals surface area contributed by atoms with E-state index >= 15 is 0 Å². The van der Waals surface area contributed by atoms with Crippen LogP contribution in [0.25, 0.3) is 11.0 Å². The molecule has 0 spiro atoms. The lowest BCUT2D eigenvalue weighted by molar-refractivity contribution is 0.384. The quantitative estimate of drug-likeness (QED) is 0.743. The highest BCUT2D eigenvalue weighted by atomic mass is 32.2. The topological polar surface area (TPSA) is 69.3 Å². The first-order chi connectivity index (χ1) is 12.5. The lowest BCUT2D eigenvalue weighted by atomic mass is 10.2. The molecule has 1 aromatic carbocycles. The maximum atomic E-state index is 12.8. The van der Waals surface area contributed by atoms with Crippen molar-refractivity contribution in [3.05, 3.63) is 40.8 Å². The van der Waals surface area contributed by atoms with Crippen molar-refractivity contribution < 1.29 is 8.42 Å². The van der Waals surface area contributed by atoms with E-state index in [-0.39, 0.29) is 0 Å². The molecular weight excluding hydrogens is 368 g/mol. The molecule has 0 bridgehead atoms. The van der Waals surface area contributed by atoms with Gasteiger partial charge in [0, 0.05) is 31.1 Å². The van der Waals surface area contributed by atoms with Crippen LogP contribution >= 0.6 is 11.3 Å². The smallest absolute Gasteiger partial charge is 0.252 e. The average molecular weight is 391 g/mol. The summed E-state index contributed by atoms with van der Waals surface area (Å²) in [5, 5.41) is 0. The van der Waals surface area contributed by atoms with Crippen molar-refractivity contribution in [2.45, 2.75) is 24.5 Å². The summed E-state index contributed by atoms with van der Waals surface area (Å²) in [6.45, 7) is 6.29. The lowest BCUT2D eigenvalue weighted by Gasteiger charge is -2.33. The number of rotatable bonds is 4. The van der Waals surface area contributed by atoms with Gasteiger partial charge in [-0.05, 0) is 43.2 Å². The molecule has 1 aliphatic rings. The molecule has 0 amide bonds. The van der Waals surface area contributed by atoms with E-state index in [4.69, 9.17) is 0 Å². The van der Waals surface area contributed by atoms with Crippen molar-refractivity contribution in [1.82, 2.24) is 14.3 Å². The number of aryl methyl sites for hydroxylation is 2. The predicted octanol–water partition coefficient (Wildman–Crippen LogP) is 3.01. The van der Waals surface area contributed by atoms with Crippen molar-refractivity contribution in [2.75, 3.05) is 31.1 Å². The van der Waals surface area contributed by atoms with E-state index in [1.807, 2.05) is 25.1 Å². The molecule has 0 radical (unpaired) electrons. The normalized spacial score (nSPS) is 16.5. The molecule has 0 aliphatic carbocycles. The van der Waals surface area contributed by atoms with Crippen LogP contribution < -0.4 is 4.90 Å². The van der Waals surface area contributed by atoms with Crippen molar-refractivity contribution in [3.63, 3.8) is 0 Å². The molecule has 6 nitrogen and oxygen atoms in total. The Balaban J connectivity index is 1.49. The van der Waals surface area contributed by atoms with E-state index in [2.05, 4.69) is 27.9 Å². The van der Waals surface area contributed by atoms with E-state index in [9.17, 15) is 8.42 Å². The Bertz CT molecular complexity index is 1030. The van der Waals surface area contributed by atoms with Crippen molar-refractivity contribution in [3.8, 4) is 0 Å². The highest BCUT2D eigenvalue weighted by Gasteiger charge is 2.30. The van der Waals surface area contributed by atoms with Crippen molar-refractivity contribution >= 4 is 38.3 Å². The number of piperazine rings is 1. The zero-order valence-electron chi connectivity index (χ0n) is 14.9. The molecule has 0 saturated carbocycles. The van der Waals surface area contributed by atoms with Gasteiger partial charge in [-0.15, -0.1) is 11.3 Å². The fraction of sp³-hybridized carbons (Fsp3) is 0.389. The molecule has 0 atom stereocenters. The summed E-state index contributed by atoms with van der Waals surface area (Å²) in [4.78, 5) is 11.2. The number of fused-ring (bicyclic) bond motifs is 1. The highest BCUT2D eigenvalue weighted by molar-refractivity contribution is 7.91. The number of anilines is 1. The first-order valence-electron chi connectivity index (χ1n) is 8.77. The van der Waals surface area contributed by atoms with Crippen LogP contribution in [0.5, 0.6) is 0 Å². The van der Waals surface area contributed by atoms with Crippen LogP contribution in [0.1, 0.15) is 17.4 Å². The third kappa shape index (κ3) is 3.13. The number of hydrogen-bond acceptors (Lipinski definition) is 5. The standard InChI is InChI=1S/C18H22N4O2S2/c1-3-14-5-7-17(25-14)26(23,24)22-10-8-21(9-11-22)18-19-15-6-4-13(2)12-16(15)20-18/h4-7,12H,3,8-11H2,1-2H3,(H,19,20). The maximum Gasteiger partial charge on any atom is 0.252 e. The summed E-state index contributed by atoms with van der Waals surface area (Å²) in [5.74, 6) is 0.812. The lowest BCUT2D eigenvalue weighted by Crippen LogP contribution is -2.48. The largest absolute Gasteiger partial charge is 0.340 e. The fourth-order valence-corrected chi connectivity index (χ4v) is 6.09. The Kier molecular flexibility index (Phi) is 4.50. The number of aromatic amines is 1. The molecule has 26 heavy (non-hydrogen) atoms. The highest BCUT2D eigenvalue weighted by Crippen LogP contribution is 2.27. The van der Waals surface area contributed by atoms with Gasteiger partial charge in [-0.1, -0.05) is 13.0 Å². The van der Waals surface area contributed by atoms with Gasteiger partial charge >= 0.3 is 0 Å². The number of benzene rings is 1. The van der Waals surface area contributed by atoms with Crippen LogP contribution in [0.3, 0.4) is 0 Å². The van der Waals surface area contributed by atoms with E-state index in [0.29, 0.717) is 30.4 Å². The molecule has 8 heteroatoms. The summed E-state index contributed by atoms with van der Waals surface area (Å²) in [6.07, 6.45) is 0.861. The Labute approximate surface area is 157 Å². The average Bonchev–Trinajstić information content (AvgIpc) is 3.28. The number of H-pyrrole nitrogens is 1. The summed E-state index contributed by atoms with van der Waals surface area (Å²) in [7, 11) is -3.39. The SMILES string of the molecule is CCc1ccc(S(=O)(=O)N2CCN(c3nc4ccc(C)cc4[nH]3)CC2)s1. The molecule has 3 heterocycles. The molecule has 0 unspecified atom stereocenters. The van der Waals surface area contributed by atoms with Crippen LogP contribution in [-0.2, 0) is 16.4 Å². The summed E-state index contributed by atoms with van der Waals surface area (Å²) < 4.78 is 27.7. The molecular formula is C18H22N4O2S2. The van der Waals surface area contributed by atoms with Crippen molar-refractivity contribution in [2.24, 2.45) is 0 Å². The molecule has 2 aromatic heterocycles. The second-order valence-electron chi connectivity index (χ2n) is 6.55. The Morgan fingerprint density at radius 1 is 1.15 bits per heavy atom. The zero-order chi connectivity index (χ0) is 18.3. The van der Waals surface area contributed by atoms with E-state index in [0.717, 1.165) is 28.3 Å². The molecule has 1 fully saturated rings. The third-order valence-electron chi connectivity index (χ3n) is 4.74. The minimum atomic E-state index is -3.39. The van der Waals surface area contributed by atoms with Gasteiger partial charge in [0.2, 0.25) is 5.95 Å². The third-order valence-corrected chi connectivity index (χ3v) is 8.34. The predicted molar refractivity (Wildman–Crippen MR) is 105 cm³/mol. The fourth-order valence-electron chi connectivity index (χ4n) is 3.21. The van der Waals surface area contributed by atoms with Gasteiger partial charge in [-0.3, -0.25) is 0 Å². The van der Waals surface area contributed by atoms with Gasteiger partial charge in [-0.2, -0.15) is 4.31 Å². The van der Waals surface area contributed by atoms with Crippen LogP contribution in [0.4, 0.5) is 5.95 Å². The maximum absolute atomic E-state index is 12.8. The van der Waals surface area contributed by atoms with Gasteiger partial charge in [0.1, 0.15) is 4.21 Å². The molecule has 1 N–H and O–H groups in total. The van der Waals surface area contributed by atoms with Crippen LogP contribution in [0.2, 0.25) is 0 Å². The van der Waals surface area contributed by atoms with Gasteiger partial charge in [0.25, 0.3) is 10.0 Å². The number of hydrogen-bond donors (Lipinski definition) is 1. The molecule has 138 valence electrons. The number of nitrogens with one attached hydrogen (secondary N) is 1. The second kappa shape index (κ2) is 6.68. The Morgan fingerprint density at radius 2 is 1.92 bits per heavy atom. The van der Waals surface area contributed by atoms with E-state index in [1.165, 1.54) is 16.9 Å². The zero-order valence-corrected chi connectivity index (χ0v) is 16.5.